The van der Waals surface area contributed by atoms with E-state index in [0.717, 1.165) is 6.42 Å². The van der Waals surface area contributed by atoms with Crippen LogP contribution in [0.4, 0.5) is 0 Å². The molecule has 4 N–H and O–H groups in total. The highest BCUT2D eigenvalue weighted by molar-refractivity contribution is 9.10. The molecule has 1 heterocycles. The number of rotatable bonds is 4. The molecule has 124 valence electrons. The SMILES string of the molecule is CC1(CN)CCN(S(=O)(=O)c2cc(Br)cc(C(N)=O)c2)C1.Cl. The lowest BCUT2D eigenvalue weighted by Crippen LogP contribution is -2.34. The first kappa shape index (κ1) is 19.4. The standard InChI is InChI=1S/C13H18BrN3O3S.ClH/c1-13(7-15)2-3-17(8-13)21(19,20)11-5-9(12(16)18)4-10(14)6-11;/h4-6H,2-3,7-8,15H2,1H3,(H2,16,18);1H. The summed E-state index contributed by atoms with van der Waals surface area (Å²) < 4.78 is 27.3. The van der Waals surface area contributed by atoms with Crippen LogP contribution in [0.3, 0.4) is 0 Å². The Hall–Kier alpha value is -0.670. The van der Waals surface area contributed by atoms with Crippen LogP contribution in [0.5, 0.6) is 0 Å². The number of sulfonamides is 1. The molecule has 1 aliphatic heterocycles. The van der Waals surface area contributed by atoms with Crippen LogP contribution >= 0.6 is 28.3 Å². The van der Waals surface area contributed by atoms with E-state index in [4.69, 9.17) is 11.5 Å². The second-order valence-electron chi connectivity index (χ2n) is 5.64. The molecule has 1 saturated heterocycles. The summed E-state index contributed by atoms with van der Waals surface area (Å²) in [6, 6.07) is 4.27. The minimum absolute atomic E-state index is 0. The zero-order chi connectivity index (χ0) is 15.8. The van der Waals surface area contributed by atoms with Crippen molar-refractivity contribution in [2.24, 2.45) is 16.9 Å². The van der Waals surface area contributed by atoms with Crippen LogP contribution < -0.4 is 11.5 Å². The summed E-state index contributed by atoms with van der Waals surface area (Å²) in [5.74, 6) is -0.666. The molecule has 9 heteroatoms. The van der Waals surface area contributed by atoms with Crippen LogP contribution in [0, 0.1) is 5.41 Å². The highest BCUT2D eigenvalue weighted by atomic mass is 79.9. The Bertz CT molecular complexity index is 683. The molecule has 1 amide bonds. The maximum absolute atomic E-state index is 12.7. The maximum atomic E-state index is 12.7. The van der Waals surface area contributed by atoms with E-state index in [9.17, 15) is 13.2 Å². The monoisotopic (exact) mass is 411 g/mol. The Morgan fingerprint density at radius 3 is 2.55 bits per heavy atom. The Balaban J connectivity index is 0.00000242. The highest BCUT2D eigenvalue weighted by Crippen LogP contribution is 2.33. The van der Waals surface area contributed by atoms with Crippen molar-refractivity contribution in [2.75, 3.05) is 19.6 Å². The van der Waals surface area contributed by atoms with E-state index in [1.54, 1.807) is 0 Å². The molecule has 22 heavy (non-hydrogen) atoms. The molecule has 6 nitrogen and oxygen atoms in total. The van der Waals surface area contributed by atoms with Gasteiger partial charge in [0.1, 0.15) is 0 Å². The molecule has 1 aliphatic rings. The second-order valence-corrected chi connectivity index (χ2v) is 8.50. The lowest BCUT2D eigenvalue weighted by Gasteiger charge is -2.22. The minimum Gasteiger partial charge on any atom is -0.366 e. The van der Waals surface area contributed by atoms with Crippen molar-refractivity contribution in [3.05, 3.63) is 28.2 Å². The Morgan fingerprint density at radius 1 is 1.41 bits per heavy atom. The fourth-order valence-corrected chi connectivity index (χ4v) is 4.66. The van der Waals surface area contributed by atoms with Crippen molar-refractivity contribution in [2.45, 2.75) is 18.2 Å². The number of hydrogen-bond donors (Lipinski definition) is 2. The first-order valence-corrected chi connectivity index (χ1v) is 8.72. The smallest absolute Gasteiger partial charge is 0.248 e. The molecule has 0 bridgehead atoms. The van der Waals surface area contributed by atoms with Crippen LogP contribution in [0.25, 0.3) is 0 Å². The van der Waals surface area contributed by atoms with Gasteiger partial charge in [-0.05, 0) is 36.6 Å². The third-order valence-electron chi connectivity index (χ3n) is 3.81. The van der Waals surface area contributed by atoms with Gasteiger partial charge in [0.15, 0.2) is 0 Å². The van der Waals surface area contributed by atoms with Crippen LogP contribution in [-0.4, -0.2) is 38.3 Å². The maximum Gasteiger partial charge on any atom is 0.248 e. The summed E-state index contributed by atoms with van der Waals surface area (Å²) in [6.07, 6.45) is 0.722. The van der Waals surface area contributed by atoms with Gasteiger partial charge in [0.25, 0.3) is 0 Å². The number of nitrogens with two attached hydrogens (primary N) is 2. The van der Waals surface area contributed by atoms with Crippen LogP contribution in [0.1, 0.15) is 23.7 Å². The van der Waals surface area contributed by atoms with Gasteiger partial charge in [-0.15, -0.1) is 12.4 Å². The van der Waals surface area contributed by atoms with Gasteiger partial charge < -0.3 is 11.5 Å². The fraction of sp³-hybridized carbons (Fsp3) is 0.462. The zero-order valence-corrected chi connectivity index (χ0v) is 15.3. The molecule has 0 saturated carbocycles. The number of nitrogens with zero attached hydrogens (tertiary/aromatic N) is 1. The zero-order valence-electron chi connectivity index (χ0n) is 12.1. The predicted octanol–water partition coefficient (Wildman–Crippen LogP) is 1.33. The molecular weight excluding hydrogens is 394 g/mol. The minimum atomic E-state index is -3.66. The summed E-state index contributed by atoms with van der Waals surface area (Å²) in [7, 11) is -3.66. The number of carbonyl (C=O) groups is 1. The lowest BCUT2D eigenvalue weighted by molar-refractivity contribution is 0.1000. The second kappa shape index (κ2) is 6.84. The molecule has 1 atom stereocenters. The summed E-state index contributed by atoms with van der Waals surface area (Å²) >= 11 is 3.21. The van der Waals surface area contributed by atoms with Crippen LogP contribution in [-0.2, 0) is 10.0 Å². The van der Waals surface area contributed by atoms with Gasteiger partial charge in [0.05, 0.1) is 4.90 Å². The van der Waals surface area contributed by atoms with Gasteiger partial charge in [-0.25, -0.2) is 8.42 Å². The quantitative estimate of drug-likeness (QED) is 0.778. The van der Waals surface area contributed by atoms with Gasteiger partial charge in [-0.2, -0.15) is 4.31 Å². The van der Waals surface area contributed by atoms with Gasteiger partial charge >= 0.3 is 0 Å². The Labute approximate surface area is 144 Å². The van der Waals surface area contributed by atoms with E-state index in [1.807, 2.05) is 6.92 Å². The first-order valence-electron chi connectivity index (χ1n) is 6.49. The molecule has 1 unspecified atom stereocenters. The number of primary amides is 1. The van der Waals surface area contributed by atoms with E-state index < -0.39 is 15.9 Å². The number of hydrogen-bond acceptors (Lipinski definition) is 4. The Kier molecular flexibility index (Phi) is 6.02. The molecule has 1 aromatic carbocycles. The van der Waals surface area contributed by atoms with Crippen molar-refractivity contribution < 1.29 is 13.2 Å². The van der Waals surface area contributed by atoms with Crippen molar-refractivity contribution >= 4 is 44.3 Å². The number of carbonyl (C=O) groups excluding carboxylic acids is 1. The van der Waals surface area contributed by atoms with E-state index in [1.165, 1.54) is 22.5 Å². The third kappa shape index (κ3) is 3.80. The molecule has 0 aliphatic carbocycles. The van der Waals surface area contributed by atoms with E-state index in [0.29, 0.717) is 24.1 Å². The number of halogens is 2. The van der Waals surface area contributed by atoms with E-state index >= 15 is 0 Å². The summed E-state index contributed by atoms with van der Waals surface area (Å²) in [4.78, 5) is 11.3. The van der Waals surface area contributed by atoms with Crippen molar-refractivity contribution in [3.63, 3.8) is 0 Å². The normalized spacial score (nSPS) is 22.3. The molecule has 0 aromatic heterocycles. The topological polar surface area (TPSA) is 106 Å². The van der Waals surface area contributed by atoms with Gasteiger partial charge in [0.2, 0.25) is 15.9 Å². The third-order valence-corrected chi connectivity index (χ3v) is 6.09. The van der Waals surface area contributed by atoms with Gasteiger partial charge in [0, 0.05) is 23.1 Å². The fourth-order valence-electron chi connectivity index (χ4n) is 2.35. The van der Waals surface area contributed by atoms with Gasteiger partial charge in [-0.3, -0.25) is 4.79 Å². The molecule has 0 spiro atoms. The van der Waals surface area contributed by atoms with Crippen molar-refractivity contribution in [1.82, 2.24) is 4.31 Å². The van der Waals surface area contributed by atoms with E-state index in [-0.39, 0.29) is 28.3 Å². The van der Waals surface area contributed by atoms with Crippen molar-refractivity contribution in [3.8, 4) is 0 Å². The lowest BCUT2D eigenvalue weighted by atomic mass is 9.90. The molecule has 1 aromatic rings. The summed E-state index contributed by atoms with van der Waals surface area (Å²) in [6.45, 7) is 3.21. The summed E-state index contributed by atoms with van der Waals surface area (Å²) in [5, 5.41) is 0. The largest absolute Gasteiger partial charge is 0.366 e. The Morgan fingerprint density at radius 2 is 2.05 bits per heavy atom. The highest BCUT2D eigenvalue weighted by Gasteiger charge is 2.39. The number of amides is 1. The molecule has 2 rings (SSSR count). The average molecular weight is 413 g/mol. The molecular formula is C13H19BrClN3O3S. The van der Waals surface area contributed by atoms with Crippen LogP contribution in [0.15, 0.2) is 27.6 Å². The first-order chi connectivity index (χ1) is 9.68. The molecule has 1 fully saturated rings. The van der Waals surface area contributed by atoms with Crippen molar-refractivity contribution in [1.29, 1.82) is 0 Å². The average Bonchev–Trinajstić information content (AvgIpc) is 2.82. The van der Waals surface area contributed by atoms with Crippen LogP contribution in [0.2, 0.25) is 0 Å². The predicted molar refractivity (Wildman–Crippen MR) is 90.4 cm³/mol. The molecule has 0 radical (unpaired) electrons. The van der Waals surface area contributed by atoms with E-state index in [2.05, 4.69) is 15.9 Å². The summed E-state index contributed by atoms with van der Waals surface area (Å²) in [5.41, 5.74) is 10.9. The number of benzene rings is 1. The van der Waals surface area contributed by atoms with Gasteiger partial charge in [-0.1, -0.05) is 22.9 Å².